The highest BCUT2D eigenvalue weighted by atomic mass is 16.5. The van der Waals surface area contributed by atoms with Gasteiger partial charge in [0.1, 0.15) is 5.75 Å². The van der Waals surface area contributed by atoms with Crippen molar-refractivity contribution in [1.82, 2.24) is 5.32 Å². The van der Waals surface area contributed by atoms with Crippen LogP contribution in [0.2, 0.25) is 0 Å². The Balaban J connectivity index is 2.96. The van der Waals surface area contributed by atoms with Crippen LogP contribution in [0.25, 0.3) is 0 Å². The molecule has 100 valence electrons. The summed E-state index contributed by atoms with van der Waals surface area (Å²) in [4.78, 5) is 12.1. The molecule has 0 spiro atoms. The van der Waals surface area contributed by atoms with E-state index in [2.05, 4.69) is 33.0 Å². The second-order valence-corrected chi connectivity index (χ2v) is 5.22. The van der Waals surface area contributed by atoms with E-state index in [-0.39, 0.29) is 5.91 Å². The van der Waals surface area contributed by atoms with Crippen molar-refractivity contribution in [2.75, 3.05) is 13.7 Å². The summed E-state index contributed by atoms with van der Waals surface area (Å²) in [7, 11) is 1.59. The number of hydrogen-bond donors (Lipinski definition) is 1. The van der Waals surface area contributed by atoms with Crippen molar-refractivity contribution in [1.29, 1.82) is 0 Å². The maximum atomic E-state index is 12.1. The second-order valence-electron chi connectivity index (χ2n) is 5.22. The van der Waals surface area contributed by atoms with Crippen LogP contribution in [0.15, 0.2) is 18.2 Å². The van der Waals surface area contributed by atoms with E-state index in [0.717, 1.165) is 5.56 Å². The second kappa shape index (κ2) is 6.43. The molecule has 0 fully saturated rings. The number of ether oxygens (including phenoxy) is 1. The number of carbonyl (C=O) groups excluding carboxylic acids is 1. The van der Waals surface area contributed by atoms with Gasteiger partial charge in [0.25, 0.3) is 5.91 Å². The summed E-state index contributed by atoms with van der Waals surface area (Å²) in [6.45, 7) is 9.03. The van der Waals surface area contributed by atoms with Crippen molar-refractivity contribution in [3.8, 4) is 5.75 Å². The van der Waals surface area contributed by atoms with Crippen molar-refractivity contribution >= 4 is 5.91 Å². The number of amides is 1. The molecule has 1 aromatic carbocycles. The van der Waals surface area contributed by atoms with Crippen LogP contribution in [-0.4, -0.2) is 19.6 Å². The Morgan fingerprint density at radius 1 is 1.28 bits per heavy atom. The molecule has 0 saturated carbocycles. The van der Waals surface area contributed by atoms with E-state index in [9.17, 15) is 4.79 Å². The maximum Gasteiger partial charge on any atom is 0.255 e. The smallest absolute Gasteiger partial charge is 0.255 e. The van der Waals surface area contributed by atoms with Gasteiger partial charge in [0.15, 0.2) is 0 Å². The van der Waals surface area contributed by atoms with E-state index >= 15 is 0 Å². The lowest BCUT2D eigenvalue weighted by Crippen LogP contribution is -2.27. The lowest BCUT2D eigenvalue weighted by atomic mass is 10.00. The molecular formula is C15H23NO2. The van der Waals surface area contributed by atoms with E-state index in [0.29, 0.717) is 29.7 Å². The Morgan fingerprint density at radius 2 is 1.94 bits per heavy atom. The minimum absolute atomic E-state index is 0.0666. The number of benzene rings is 1. The minimum Gasteiger partial charge on any atom is -0.496 e. The molecule has 0 aromatic heterocycles. The van der Waals surface area contributed by atoms with Crippen LogP contribution in [0.5, 0.6) is 5.75 Å². The summed E-state index contributed by atoms with van der Waals surface area (Å²) in [5, 5.41) is 2.92. The van der Waals surface area contributed by atoms with Gasteiger partial charge in [-0.15, -0.1) is 0 Å². The molecular weight excluding hydrogens is 226 g/mol. The summed E-state index contributed by atoms with van der Waals surface area (Å²) in [5.41, 5.74) is 1.76. The summed E-state index contributed by atoms with van der Waals surface area (Å²) in [5.74, 6) is 1.39. The molecule has 1 rings (SSSR count). The lowest BCUT2D eigenvalue weighted by Gasteiger charge is -2.13. The van der Waals surface area contributed by atoms with Crippen molar-refractivity contribution < 1.29 is 9.53 Å². The Morgan fingerprint density at radius 3 is 2.44 bits per heavy atom. The number of nitrogens with one attached hydrogen (secondary N) is 1. The van der Waals surface area contributed by atoms with Gasteiger partial charge in [-0.25, -0.2) is 0 Å². The van der Waals surface area contributed by atoms with Gasteiger partial charge < -0.3 is 10.1 Å². The quantitative estimate of drug-likeness (QED) is 0.870. The summed E-state index contributed by atoms with van der Waals surface area (Å²) in [6, 6.07) is 5.78. The molecule has 18 heavy (non-hydrogen) atoms. The number of carbonyl (C=O) groups is 1. The Bertz CT molecular complexity index is 411. The predicted molar refractivity (Wildman–Crippen MR) is 74.3 cm³/mol. The fourth-order valence-corrected chi connectivity index (χ4v) is 1.65. The first kappa shape index (κ1) is 14.6. The van der Waals surface area contributed by atoms with Crippen LogP contribution < -0.4 is 10.1 Å². The van der Waals surface area contributed by atoms with Crippen LogP contribution in [-0.2, 0) is 0 Å². The van der Waals surface area contributed by atoms with Gasteiger partial charge in [0.2, 0.25) is 0 Å². The zero-order valence-corrected chi connectivity index (χ0v) is 11.9. The molecule has 0 aliphatic heterocycles. The van der Waals surface area contributed by atoms with Crippen LogP contribution in [0.3, 0.4) is 0 Å². The molecule has 0 bridgehead atoms. The molecule has 0 aliphatic rings. The first-order valence-electron chi connectivity index (χ1n) is 6.41. The monoisotopic (exact) mass is 249 g/mol. The number of hydrogen-bond acceptors (Lipinski definition) is 2. The van der Waals surface area contributed by atoms with Crippen LogP contribution in [0.4, 0.5) is 0 Å². The van der Waals surface area contributed by atoms with E-state index in [1.165, 1.54) is 0 Å². The molecule has 3 heteroatoms. The van der Waals surface area contributed by atoms with Crippen LogP contribution >= 0.6 is 0 Å². The fraction of sp³-hybridized carbons (Fsp3) is 0.533. The van der Waals surface area contributed by atoms with Crippen molar-refractivity contribution in [2.45, 2.75) is 33.6 Å². The highest BCUT2D eigenvalue weighted by Crippen LogP contribution is 2.24. The molecule has 1 aromatic rings. The summed E-state index contributed by atoms with van der Waals surface area (Å²) in [6.07, 6.45) is 0. The Kier molecular flexibility index (Phi) is 5.20. The normalized spacial score (nSPS) is 10.8. The minimum atomic E-state index is -0.0666. The Hall–Kier alpha value is -1.51. The van der Waals surface area contributed by atoms with Gasteiger partial charge >= 0.3 is 0 Å². The third kappa shape index (κ3) is 3.76. The Labute approximate surface area is 110 Å². The molecule has 0 unspecified atom stereocenters. The maximum absolute atomic E-state index is 12.1. The molecule has 1 amide bonds. The largest absolute Gasteiger partial charge is 0.496 e. The lowest BCUT2D eigenvalue weighted by molar-refractivity contribution is 0.0946. The first-order valence-corrected chi connectivity index (χ1v) is 6.41. The highest BCUT2D eigenvalue weighted by Gasteiger charge is 2.14. The SMILES string of the molecule is COc1ccc(C(C)C)cc1C(=O)NCC(C)C. The van der Waals surface area contributed by atoms with Gasteiger partial charge in [-0.1, -0.05) is 33.8 Å². The van der Waals surface area contributed by atoms with Crippen molar-refractivity contribution in [3.05, 3.63) is 29.3 Å². The van der Waals surface area contributed by atoms with E-state index in [1.807, 2.05) is 18.2 Å². The first-order chi connectivity index (χ1) is 8.45. The van der Waals surface area contributed by atoms with Crippen molar-refractivity contribution in [2.24, 2.45) is 5.92 Å². The van der Waals surface area contributed by atoms with Gasteiger partial charge in [0.05, 0.1) is 12.7 Å². The van der Waals surface area contributed by atoms with Crippen molar-refractivity contribution in [3.63, 3.8) is 0 Å². The average molecular weight is 249 g/mol. The molecule has 3 nitrogen and oxygen atoms in total. The third-order valence-corrected chi connectivity index (χ3v) is 2.81. The van der Waals surface area contributed by atoms with Crippen LogP contribution in [0.1, 0.15) is 49.5 Å². The number of rotatable bonds is 5. The summed E-state index contributed by atoms with van der Waals surface area (Å²) < 4.78 is 5.25. The van der Waals surface area contributed by atoms with E-state index in [4.69, 9.17) is 4.74 Å². The fourth-order valence-electron chi connectivity index (χ4n) is 1.65. The zero-order valence-electron chi connectivity index (χ0n) is 11.9. The number of methoxy groups -OCH3 is 1. The van der Waals surface area contributed by atoms with Gasteiger partial charge in [0, 0.05) is 6.54 Å². The molecule has 0 heterocycles. The standard InChI is InChI=1S/C15H23NO2/c1-10(2)9-16-15(17)13-8-12(11(3)4)6-7-14(13)18-5/h6-8,10-11H,9H2,1-5H3,(H,16,17). The van der Waals surface area contributed by atoms with Gasteiger partial charge in [-0.05, 0) is 29.5 Å². The van der Waals surface area contributed by atoms with Gasteiger partial charge in [-0.3, -0.25) is 4.79 Å². The van der Waals surface area contributed by atoms with Crippen LogP contribution in [0, 0.1) is 5.92 Å². The van der Waals surface area contributed by atoms with E-state index < -0.39 is 0 Å². The molecule has 1 N–H and O–H groups in total. The topological polar surface area (TPSA) is 38.3 Å². The third-order valence-electron chi connectivity index (χ3n) is 2.81. The molecule has 0 saturated heterocycles. The molecule has 0 atom stereocenters. The zero-order chi connectivity index (χ0) is 13.7. The average Bonchev–Trinajstić information content (AvgIpc) is 2.34. The molecule has 0 radical (unpaired) electrons. The molecule has 0 aliphatic carbocycles. The predicted octanol–water partition coefficient (Wildman–Crippen LogP) is 3.20. The highest BCUT2D eigenvalue weighted by molar-refractivity contribution is 5.97. The summed E-state index contributed by atoms with van der Waals surface area (Å²) >= 11 is 0. The van der Waals surface area contributed by atoms with E-state index in [1.54, 1.807) is 7.11 Å². The van der Waals surface area contributed by atoms with Gasteiger partial charge in [-0.2, -0.15) is 0 Å².